The molecule has 0 unspecified atom stereocenters. The summed E-state index contributed by atoms with van der Waals surface area (Å²) in [6.07, 6.45) is 0. The fraction of sp³-hybridized carbons (Fsp3) is 0.333. The quantitative estimate of drug-likeness (QED) is 0.634. The first-order chi connectivity index (χ1) is 12.5. The zero-order valence-electron chi connectivity index (χ0n) is 14.4. The molecular weight excluding hydrogens is 467 g/mol. The van der Waals surface area contributed by atoms with Gasteiger partial charge in [-0.05, 0) is 58.5 Å². The van der Waals surface area contributed by atoms with Gasteiger partial charge in [-0.3, -0.25) is 0 Å². The lowest BCUT2D eigenvalue weighted by atomic mass is 10.2. The number of hydrogen-bond acceptors (Lipinski definition) is 5. The average Bonchev–Trinajstić information content (AvgIpc) is 2.67. The summed E-state index contributed by atoms with van der Waals surface area (Å²) in [5.41, 5.74) is 2.04. The van der Waals surface area contributed by atoms with Gasteiger partial charge in [-0.25, -0.2) is 13.1 Å². The van der Waals surface area contributed by atoms with Crippen LogP contribution in [-0.4, -0.2) is 41.8 Å². The van der Waals surface area contributed by atoms with Gasteiger partial charge in [0, 0.05) is 25.3 Å². The van der Waals surface area contributed by atoms with Crippen molar-refractivity contribution in [3.8, 4) is 5.75 Å². The van der Waals surface area contributed by atoms with Gasteiger partial charge in [0.25, 0.3) is 0 Å². The maximum atomic E-state index is 12.5. The monoisotopic (exact) mass is 488 g/mol. The van der Waals surface area contributed by atoms with Crippen molar-refractivity contribution in [2.45, 2.75) is 11.4 Å². The molecule has 0 aromatic heterocycles. The second-order valence-corrected chi connectivity index (χ2v) is 8.82. The maximum Gasteiger partial charge on any atom is 0.240 e. The standard InChI is InChI=1S/C18H21IN2O4S/c1-24-18-7-6-16(12-17(18)19)26(22,23)20-13-14-2-4-15(5-3-14)21-8-10-25-11-9-21/h2-7,12,20H,8-11,13H2,1H3. The van der Waals surface area contributed by atoms with Crippen molar-refractivity contribution in [3.63, 3.8) is 0 Å². The van der Waals surface area contributed by atoms with Gasteiger partial charge in [-0.15, -0.1) is 0 Å². The van der Waals surface area contributed by atoms with Crippen LogP contribution in [0, 0.1) is 3.57 Å². The topological polar surface area (TPSA) is 67.9 Å². The normalized spacial score (nSPS) is 15.1. The van der Waals surface area contributed by atoms with Crippen LogP contribution in [-0.2, 0) is 21.3 Å². The Morgan fingerprint density at radius 2 is 1.85 bits per heavy atom. The second-order valence-electron chi connectivity index (χ2n) is 5.89. The van der Waals surface area contributed by atoms with Crippen molar-refractivity contribution in [1.82, 2.24) is 4.72 Å². The predicted molar refractivity (Wildman–Crippen MR) is 109 cm³/mol. The molecule has 26 heavy (non-hydrogen) atoms. The first-order valence-electron chi connectivity index (χ1n) is 8.24. The Bertz CT molecular complexity index is 850. The van der Waals surface area contributed by atoms with E-state index in [1.54, 1.807) is 25.3 Å². The van der Waals surface area contributed by atoms with E-state index in [1.165, 1.54) is 0 Å². The molecule has 0 radical (unpaired) electrons. The van der Waals surface area contributed by atoms with Crippen LogP contribution >= 0.6 is 22.6 Å². The van der Waals surface area contributed by atoms with Gasteiger partial charge in [-0.1, -0.05) is 12.1 Å². The third-order valence-corrected chi connectivity index (χ3v) is 6.45. The lowest BCUT2D eigenvalue weighted by Crippen LogP contribution is -2.36. The Morgan fingerprint density at radius 3 is 2.46 bits per heavy atom. The van der Waals surface area contributed by atoms with E-state index in [0.717, 1.165) is 41.1 Å². The molecule has 1 fully saturated rings. The summed E-state index contributed by atoms with van der Waals surface area (Å²) in [5, 5.41) is 0. The molecular formula is C18H21IN2O4S. The Balaban J connectivity index is 1.65. The van der Waals surface area contributed by atoms with Gasteiger partial charge in [0.15, 0.2) is 0 Å². The molecule has 1 heterocycles. The fourth-order valence-electron chi connectivity index (χ4n) is 2.72. The largest absolute Gasteiger partial charge is 0.496 e. The predicted octanol–water partition coefficient (Wildman–Crippen LogP) is 2.61. The third-order valence-electron chi connectivity index (χ3n) is 4.21. The van der Waals surface area contributed by atoms with Crippen LogP contribution < -0.4 is 14.4 Å². The van der Waals surface area contributed by atoms with Gasteiger partial charge >= 0.3 is 0 Å². The molecule has 1 aliphatic heterocycles. The number of morpholine rings is 1. The van der Waals surface area contributed by atoms with Crippen LogP contribution in [0.15, 0.2) is 47.4 Å². The molecule has 3 rings (SSSR count). The van der Waals surface area contributed by atoms with E-state index in [1.807, 2.05) is 24.3 Å². The minimum Gasteiger partial charge on any atom is -0.496 e. The lowest BCUT2D eigenvalue weighted by Gasteiger charge is -2.28. The third kappa shape index (κ3) is 4.67. The number of benzene rings is 2. The molecule has 1 aliphatic rings. The maximum absolute atomic E-state index is 12.5. The smallest absolute Gasteiger partial charge is 0.240 e. The van der Waals surface area contributed by atoms with Gasteiger partial charge in [0.1, 0.15) is 5.75 Å². The van der Waals surface area contributed by atoms with Crippen molar-refractivity contribution in [2.24, 2.45) is 0 Å². The van der Waals surface area contributed by atoms with Gasteiger partial charge in [-0.2, -0.15) is 0 Å². The van der Waals surface area contributed by atoms with E-state index in [9.17, 15) is 8.42 Å². The summed E-state index contributed by atoms with van der Waals surface area (Å²) >= 11 is 2.06. The van der Waals surface area contributed by atoms with Crippen molar-refractivity contribution in [1.29, 1.82) is 0 Å². The molecule has 8 heteroatoms. The summed E-state index contributed by atoms with van der Waals surface area (Å²) in [4.78, 5) is 2.49. The number of halogens is 1. The molecule has 140 valence electrons. The molecule has 2 aromatic rings. The molecule has 0 bridgehead atoms. The van der Waals surface area contributed by atoms with Crippen LogP contribution in [0.1, 0.15) is 5.56 Å². The zero-order chi connectivity index (χ0) is 18.6. The molecule has 1 N–H and O–H groups in total. The first kappa shape index (κ1) is 19.4. The highest BCUT2D eigenvalue weighted by Crippen LogP contribution is 2.24. The number of rotatable bonds is 6. The number of nitrogens with one attached hydrogen (secondary N) is 1. The van der Waals surface area contributed by atoms with Gasteiger partial charge in [0.05, 0.1) is 28.8 Å². The molecule has 0 spiro atoms. The Hall–Kier alpha value is -1.36. The summed E-state index contributed by atoms with van der Waals surface area (Å²) < 4.78 is 38.9. The van der Waals surface area contributed by atoms with E-state index >= 15 is 0 Å². The van der Waals surface area contributed by atoms with Crippen molar-refractivity contribution >= 4 is 38.3 Å². The molecule has 6 nitrogen and oxygen atoms in total. The summed E-state index contributed by atoms with van der Waals surface area (Å²) in [7, 11) is -2.01. The molecule has 0 amide bonds. The van der Waals surface area contributed by atoms with E-state index in [-0.39, 0.29) is 11.4 Å². The minimum atomic E-state index is -3.57. The van der Waals surface area contributed by atoms with Crippen LogP contribution in [0.3, 0.4) is 0 Å². The number of methoxy groups -OCH3 is 1. The molecule has 0 saturated carbocycles. The molecule has 0 atom stereocenters. The fourth-order valence-corrected chi connectivity index (χ4v) is 4.71. The van der Waals surface area contributed by atoms with Crippen molar-refractivity contribution in [2.75, 3.05) is 38.3 Å². The number of ether oxygens (including phenoxy) is 2. The van der Waals surface area contributed by atoms with E-state index in [2.05, 4.69) is 32.2 Å². The Labute approximate surface area is 167 Å². The van der Waals surface area contributed by atoms with Crippen molar-refractivity contribution in [3.05, 3.63) is 51.6 Å². The van der Waals surface area contributed by atoms with E-state index in [4.69, 9.17) is 9.47 Å². The van der Waals surface area contributed by atoms with Crippen LogP contribution in [0.5, 0.6) is 5.75 Å². The molecule has 2 aromatic carbocycles. The number of hydrogen-bond donors (Lipinski definition) is 1. The number of anilines is 1. The number of nitrogens with zero attached hydrogens (tertiary/aromatic N) is 1. The zero-order valence-corrected chi connectivity index (χ0v) is 17.4. The summed E-state index contributed by atoms with van der Waals surface area (Å²) in [5.74, 6) is 0.656. The van der Waals surface area contributed by atoms with E-state index in [0.29, 0.717) is 5.75 Å². The van der Waals surface area contributed by atoms with Crippen LogP contribution in [0.25, 0.3) is 0 Å². The summed E-state index contributed by atoms with van der Waals surface area (Å²) in [6.45, 7) is 3.48. The van der Waals surface area contributed by atoms with Crippen LogP contribution in [0.4, 0.5) is 5.69 Å². The highest BCUT2D eigenvalue weighted by Gasteiger charge is 2.16. The highest BCUT2D eigenvalue weighted by atomic mass is 127. The number of sulfonamides is 1. The Morgan fingerprint density at radius 1 is 1.15 bits per heavy atom. The molecule has 1 saturated heterocycles. The summed E-state index contributed by atoms with van der Waals surface area (Å²) in [6, 6.07) is 12.7. The van der Waals surface area contributed by atoms with Gasteiger partial charge < -0.3 is 14.4 Å². The minimum absolute atomic E-state index is 0.229. The molecule has 0 aliphatic carbocycles. The van der Waals surface area contributed by atoms with Gasteiger partial charge in [0.2, 0.25) is 10.0 Å². The lowest BCUT2D eigenvalue weighted by molar-refractivity contribution is 0.122. The SMILES string of the molecule is COc1ccc(S(=O)(=O)NCc2ccc(N3CCOCC3)cc2)cc1I. The highest BCUT2D eigenvalue weighted by molar-refractivity contribution is 14.1. The Kier molecular flexibility index (Phi) is 6.38. The first-order valence-corrected chi connectivity index (χ1v) is 10.8. The average molecular weight is 488 g/mol. The van der Waals surface area contributed by atoms with Crippen LogP contribution in [0.2, 0.25) is 0 Å². The second kappa shape index (κ2) is 8.55. The van der Waals surface area contributed by atoms with E-state index < -0.39 is 10.0 Å². The van der Waals surface area contributed by atoms with Crippen molar-refractivity contribution < 1.29 is 17.9 Å².